The summed E-state index contributed by atoms with van der Waals surface area (Å²) in [5, 5.41) is 0. The molecule has 2 heterocycles. The third kappa shape index (κ3) is 3.87. The van der Waals surface area contributed by atoms with Gasteiger partial charge in [0.05, 0.1) is 26.9 Å². The van der Waals surface area contributed by atoms with Crippen molar-refractivity contribution in [3.63, 3.8) is 0 Å². The fourth-order valence-corrected chi connectivity index (χ4v) is 5.78. The summed E-state index contributed by atoms with van der Waals surface area (Å²) in [4.78, 5) is 4.18. The molecule has 1 aliphatic rings. The SMILES string of the molecule is Cc1cc2ncn(S(=O)(=O)c3ccc(S(=O)(=O)NC[C@@H]4CCCO4)cc3)c2cc1C. The highest BCUT2D eigenvalue weighted by Gasteiger charge is 2.23. The number of ether oxygens (including phenoxy) is 1. The summed E-state index contributed by atoms with van der Waals surface area (Å²) in [6.45, 7) is 4.68. The van der Waals surface area contributed by atoms with E-state index in [1.165, 1.54) is 30.6 Å². The van der Waals surface area contributed by atoms with Crippen LogP contribution in [0.5, 0.6) is 0 Å². The summed E-state index contributed by atoms with van der Waals surface area (Å²) in [6, 6.07) is 8.79. The fraction of sp³-hybridized carbons (Fsp3) is 0.350. The van der Waals surface area contributed by atoms with Gasteiger partial charge >= 0.3 is 0 Å². The van der Waals surface area contributed by atoms with Crippen molar-refractivity contribution in [3.05, 3.63) is 53.9 Å². The molecule has 0 radical (unpaired) electrons. The summed E-state index contributed by atoms with van der Waals surface area (Å²) in [6.07, 6.45) is 2.88. The summed E-state index contributed by atoms with van der Waals surface area (Å²) in [5.41, 5.74) is 3.04. The van der Waals surface area contributed by atoms with E-state index in [0.29, 0.717) is 17.6 Å². The molecule has 8 nitrogen and oxygen atoms in total. The lowest BCUT2D eigenvalue weighted by Gasteiger charge is -2.12. The van der Waals surface area contributed by atoms with E-state index >= 15 is 0 Å². The Bertz CT molecular complexity index is 1290. The van der Waals surface area contributed by atoms with Gasteiger partial charge in [-0.15, -0.1) is 0 Å². The molecule has 1 saturated heterocycles. The van der Waals surface area contributed by atoms with Gasteiger partial charge in [0.15, 0.2) is 0 Å². The summed E-state index contributed by atoms with van der Waals surface area (Å²) in [7, 11) is -7.67. The lowest BCUT2D eigenvalue weighted by molar-refractivity contribution is 0.114. The third-order valence-corrected chi connectivity index (χ3v) is 8.46. The number of aromatic nitrogens is 2. The van der Waals surface area contributed by atoms with Crippen molar-refractivity contribution >= 4 is 31.1 Å². The van der Waals surface area contributed by atoms with Crippen molar-refractivity contribution in [3.8, 4) is 0 Å². The van der Waals surface area contributed by atoms with Crippen LogP contribution in [0, 0.1) is 13.8 Å². The molecule has 0 spiro atoms. The Morgan fingerprint density at radius 3 is 2.40 bits per heavy atom. The van der Waals surface area contributed by atoms with Gasteiger partial charge in [0.25, 0.3) is 10.0 Å². The predicted octanol–water partition coefficient (Wildman–Crippen LogP) is 2.35. The number of fused-ring (bicyclic) bond motifs is 1. The molecule has 0 unspecified atom stereocenters. The maximum absolute atomic E-state index is 13.1. The van der Waals surface area contributed by atoms with E-state index in [4.69, 9.17) is 4.74 Å². The number of hydrogen-bond donors (Lipinski definition) is 1. The van der Waals surface area contributed by atoms with Gasteiger partial charge in [-0.3, -0.25) is 0 Å². The van der Waals surface area contributed by atoms with Crippen molar-refractivity contribution in [2.24, 2.45) is 0 Å². The molecular formula is C20H23N3O5S2. The van der Waals surface area contributed by atoms with Gasteiger partial charge in [0.2, 0.25) is 10.0 Å². The van der Waals surface area contributed by atoms with Crippen LogP contribution in [0.15, 0.2) is 52.5 Å². The molecule has 3 aromatic rings. The van der Waals surface area contributed by atoms with Crippen LogP contribution in [0.3, 0.4) is 0 Å². The van der Waals surface area contributed by atoms with Gasteiger partial charge in [0, 0.05) is 13.2 Å². The molecule has 0 amide bonds. The summed E-state index contributed by atoms with van der Waals surface area (Å²) in [5.74, 6) is 0. The van der Waals surface area contributed by atoms with Crippen LogP contribution in [-0.2, 0) is 24.8 Å². The average Bonchev–Trinajstić information content (AvgIpc) is 3.37. The molecule has 30 heavy (non-hydrogen) atoms. The Balaban J connectivity index is 1.61. The molecule has 1 aromatic heterocycles. The molecule has 0 aliphatic carbocycles. The molecule has 4 rings (SSSR count). The van der Waals surface area contributed by atoms with Crippen LogP contribution in [0.1, 0.15) is 24.0 Å². The zero-order valence-corrected chi connectivity index (χ0v) is 18.3. The van der Waals surface area contributed by atoms with Crippen LogP contribution >= 0.6 is 0 Å². The number of imidazole rings is 1. The van der Waals surface area contributed by atoms with E-state index < -0.39 is 20.0 Å². The number of rotatable bonds is 6. The van der Waals surface area contributed by atoms with Gasteiger partial charge < -0.3 is 4.74 Å². The first-order valence-electron chi connectivity index (χ1n) is 9.60. The molecule has 2 aromatic carbocycles. The highest BCUT2D eigenvalue weighted by Crippen LogP contribution is 2.24. The zero-order valence-electron chi connectivity index (χ0n) is 16.7. The first-order valence-corrected chi connectivity index (χ1v) is 12.5. The largest absolute Gasteiger partial charge is 0.377 e. The van der Waals surface area contributed by atoms with E-state index in [0.717, 1.165) is 27.9 Å². The number of sulfonamides is 1. The second-order valence-corrected chi connectivity index (χ2v) is 11.0. The van der Waals surface area contributed by atoms with Crippen molar-refractivity contribution < 1.29 is 21.6 Å². The minimum Gasteiger partial charge on any atom is -0.377 e. The third-order valence-electron chi connectivity index (χ3n) is 5.35. The van der Waals surface area contributed by atoms with Gasteiger partial charge in [-0.05, 0) is 74.2 Å². The van der Waals surface area contributed by atoms with Crippen LogP contribution in [0.2, 0.25) is 0 Å². The fourth-order valence-electron chi connectivity index (χ4n) is 3.43. The van der Waals surface area contributed by atoms with Crippen LogP contribution in [-0.4, -0.2) is 45.0 Å². The van der Waals surface area contributed by atoms with Crippen molar-refractivity contribution in [1.82, 2.24) is 13.7 Å². The zero-order chi connectivity index (χ0) is 21.5. The molecule has 1 atom stereocenters. The molecule has 1 aliphatic heterocycles. The second-order valence-electron chi connectivity index (χ2n) is 7.43. The van der Waals surface area contributed by atoms with Crippen LogP contribution in [0.25, 0.3) is 11.0 Å². The molecular weight excluding hydrogens is 426 g/mol. The number of aryl methyl sites for hydroxylation is 2. The lowest BCUT2D eigenvalue weighted by Crippen LogP contribution is -2.31. The van der Waals surface area contributed by atoms with E-state index in [-0.39, 0.29) is 22.4 Å². The number of benzene rings is 2. The molecule has 0 saturated carbocycles. The molecule has 10 heteroatoms. The smallest absolute Gasteiger partial charge is 0.269 e. The number of hydrogen-bond acceptors (Lipinski definition) is 6. The molecule has 0 bridgehead atoms. The normalized spacial score (nSPS) is 17.6. The highest BCUT2D eigenvalue weighted by molar-refractivity contribution is 7.90. The monoisotopic (exact) mass is 449 g/mol. The first kappa shape index (κ1) is 21.0. The Hall–Kier alpha value is -2.27. The second kappa shape index (κ2) is 7.77. The minimum atomic E-state index is -3.92. The van der Waals surface area contributed by atoms with Crippen LogP contribution < -0.4 is 4.72 Å². The number of nitrogens with zero attached hydrogens (tertiary/aromatic N) is 2. The first-order chi connectivity index (χ1) is 14.2. The van der Waals surface area contributed by atoms with E-state index in [2.05, 4.69) is 9.71 Å². The summed E-state index contributed by atoms with van der Waals surface area (Å²) < 4.78 is 60.3. The van der Waals surface area contributed by atoms with Gasteiger partial charge in [-0.2, -0.15) is 0 Å². The lowest BCUT2D eigenvalue weighted by atomic mass is 10.1. The van der Waals surface area contributed by atoms with E-state index in [1.54, 1.807) is 6.07 Å². The Morgan fingerprint density at radius 2 is 1.73 bits per heavy atom. The van der Waals surface area contributed by atoms with Crippen molar-refractivity contribution in [2.75, 3.05) is 13.2 Å². The average molecular weight is 450 g/mol. The van der Waals surface area contributed by atoms with Gasteiger partial charge in [0.1, 0.15) is 6.33 Å². The number of nitrogens with one attached hydrogen (secondary N) is 1. The standard InChI is InChI=1S/C20H23N3O5S2/c1-14-10-19-20(11-15(14)2)23(13-21-19)30(26,27)18-7-5-17(6-8-18)29(24,25)22-12-16-4-3-9-28-16/h5-8,10-11,13,16,22H,3-4,9,12H2,1-2H3/t16-/m0/s1. The Kier molecular flexibility index (Phi) is 5.43. The molecule has 160 valence electrons. The highest BCUT2D eigenvalue weighted by atomic mass is 32.2. The Labute approximate surface area is 176 Å². The maximum atomic E-state index is 13.1. The predicted molar refractivity (Wildman–Crippen MR) is 112 cm³/mol. The van der Waals surface area contributed by atoms with E-state index in [9.17, 15) is 16.8 Å². The minimum absolute atomic E-state index is 0.00130. The van der Waals surface area contributed by atoms with Crippen molar-refractivity contribution in [2.45, 2.75) is 42.6 Å². The van der Waals surface area contributed by atoms with E-state index in [1.807, 2.05) is 19.9 Å². The van der Waals surface area contributed by atoms with Crippen LogP contribution in [0.4, 0.5) is 0 Å². The topological polar surface area (TPSA) is 107 Å². The quantitative estimate of drug-likeness (QED) is 0.619. The van der Waals surface area contributed by atoms with Gasteiger partial charge in [-0.25, -0.2) is 30.5 Å². The summed E-state index contributed by atoms with van der Waals surface area (Å²) >= 11 is 0. The van der Waals surface area contributed by atoms with Crippen molar-refractivity contribution in [1.29, 1.82) is 0 Å². The Morgan fingerprint density at radius 1 is 1.07 bits per heavy atom. The maximum Gasteiger partial charge on any atom is 0.269 e. The molecule has 1 N–H and O–H groups in total. The van der Waals surface area contributed by atoms with Gasteiger partial charge in [-0.1, -0.05) is 0 Å². The molecule has 1 fully saturated rings.